The molecule has 4 rings (SSSR count). The third kappa shape index (κ3) is 2.17. The summed E-state index contributed by atoms with van der Waals surface area (Å²) in [7, 11) is 0. The molecule has 0 unspecified atom stereocenters. The van der Waals surface area contributed by atoms with Crippen LogP contribution in [-0.4, -0.2) is 6.79 Å². The van der Waals surface area contributed by atoms with Crippen molar-refractivity contribution in [2.24, 2.45) is 0 Å². The highest BCUT2D eigenvalue weighted by atomic mass is 35.5. The molecular formula is C16H12ClNO3. The van der Waals surface area contributed by atoms with E-state index in [1.54, 1.807) is 0 Å². The summed E-state index contributed by atoms with van der Waals surface area (Å²) < 4.78 is 16.2. The van der Waals surface area contributed by atoms with Gasteiger partial charge >= 0.3 is 0 Å². The molecule has 21 heavy (non-hydrogen) atoms. The molecule has 2 heterocycles. The van der Waals surface area contributed by atoms with Crippen molar-refractivity contribution in [3.8, 4) is 11.5 Å². The summed E-state index contributed by atoms with van der Waals surface area (Å²) in [5.74, 6) is 1.52. The number of para-hydroxylation sites is 1. The molecule has 5 heteroatoms. The Hall–Kier alpha value is -2.33. The largest absolute Gasteiger partial charge is 0.454 e. The molecule has 0 saturated heterocycles. The number of benzene rings is 2. The molecule has 1 aliphatic rings. The Morgan fingerprint density at radius 1 is 1.05 bits per heavy atom. The van der Waals surface area contributed by atoms with Gasteiger partial charge in [0.25, 0.3) is 0 Å². The van der Waals surface area contributed by atoms with Gasteiger partial charge in [-0.3, -0.25) is 0 Å². The average Bonchev–Trinajstić information content (AvgIpc) is 3.08. The van der Waals surface area contributed by atoms with Gasteiger partial charge in [-0.05, 0) is 29.8 Å². The zero-order chi connectivity index (χ0) is 14.2. The number of ether oxygens (including phenoxy) is 2. The highest BCUT2D eigenvalue weighted by molar-refractivity contribution is 6.30. The van der Waals surface area contributed by atoms with E-state index in [9.17, 15) is 0 Å². The van der Waals surface area contributed by atoms with Crippen LogP contribution in [-0.2, 0) is 6.54 Å². The van der Waals surface area contributed by atoms with E-state index in [2.05, 4.69) is 5.32 Å². The maximum atomic E-state index is 6.18. The first kappa shape index (κ1) is 12.4. The van der Waals surface area contributed by atoms with Crippen LogP contribution in [0.2, 0.25) is 5.22 Å². The second kappa shape index (κ2) is 4.90. The molecule has 0 amide bonds. The summed E-state index contributed by atoms with van der Waals surface area (Å²) in [4.78, 5) is 0. The van der Waals surface area contributed by atoms with E-state index in [4.69, 9.17) is 25.5 Å². The number of fused-ring (bicyclic) bond motifs is 2. The Kier molecular flexibility index (Phi) is 2.89. The number of anilines is 1. The summed E-state index contributed by atoms with van der Waals surface area (Å²) >= 11 is 6.18. The summed E-state index contributed by atoms with van der Waals surface area (Å²) in [6.45, 7) is 0.854. The molecule has 1 aromatic heterocycles. The van der Waals surface area contributed by atoms with E-state index in [1.165, 1.54) is 0 Å². The number of hydrogen-bond acceptors (Lipinski definition) is 4. The third-order valence-corrected chi connectivity index (χ3v) is 3.80. The van der Waals surface area contributed by atoms with E-state index in [0.717, 1.165) is 33.7 Å². The molecule has 1 aliphatic heterocycles. The molecule has 2 aromatic carbocycles. The van der Waals surface area contributed by atoms with Gasteiger partial charge in [0.05, 0.1) is 0 Å². The lowest BCUT2D eigenvalue weighted by molar-refractivity contribution is 0.174. The zero-order valence-corrected chi connectivity index (χ0v) is 11.8. The number of nitrogens with one attached hydrogen (secondary N) is 1. The Balaban J connectivity index is 1.60. The van der Waals surface area contributed by atoms with E-state index < -0.39 is 0 Å². The van der Waals surface area contributed by atoms with E-state index in [-0.39, 0.29) is 6.79 Å². The minimum atomic E-state index is 0.275. The minimum absolute atomic E-state index is 0.275. The number of rotatable bonds is 3. The molecule has 3 aromatic rings. The van der Waals surface area contributed by atoms with E-state index >= 15 is 0 Å². The Bertz CT molecular complexity index is 812. The van der Waals surface area contributed by atoms with Crippen molar-refractivity contribution in [1.29, 1.82) is 0 Å². The third-order valence-electron chi connectivity index (χ3n) is 3.49. The van der Waals surface area contributed by atoms with Crippen LogP contribution in [0.4, 0.5) is 5.69 Å². The SMILES string of the molecule is Clc1oc2ccccc2c1CNc1ccc2c(c1)OCO2. The van der Waals surface area contributed by atoms with Crippen molar-refractivity contribution in [1.82, 2.24) is 0 Å². The maximum absolute atomic E-state index is 6.18. The second-order valence-corrected chi connectivity index (χ2v) is 5.12. The van der Waals surface area contributed by atoms with E-state index in [1.807, 2.05) is 42.5 Å². The maximum Gasteiger partial charge on any atom is 0.231 e. The van der Waals surface area contributed by atoms with Crippen LogP contribution < -0.4 is 14.8 Å². The molecule has 0 atom stereocenters. The summed E-state index contributed by atoms with van der Waals surface area (Å²) in [5, 5.41) is 4.77. The van der Waals surface area contributed by atoms with Gasteiger partial charge in [-0.1, -0.05) is 18.2 Å². The van der Waals surface area contributed by atoms with Crippen molar-refractivity contribution in [3.63, 3.8) is 0 Å². The number of halogens is 1. The molecule has 0 spiro atoms. The normalized spacial score (nSPS) is 12.8. The lowest BCUT2D eigenvalue weighted by Gasteiger charge is -2.06. The van der Waals surface area contributed by atoms with Gasteiger partial charge in [0.15, 0.2) is 16.7 Å². The Morgan fingerprint density at radius 3 is 2.86 bits per heavy atom. The van der Waals surface area contributed by atoms with Crippen molar-refractivity contribution >= 4 is 28.3 Å². The molecular weight excluding hydrogens is 290 g/mol. The van der Waals surface area contributed by atoms with Crippen molar-refractivity contribution < 1.29 is 13.9 Å². The zero-order valence-electron chi connectivity index (χ0n) is 11.1. The van der Waals surface area contributed by atoms with Gasteiger partial charge in [-0.15, -0.1) is 0 Å². The first-order chi connectivity index (χ1) is 10.3. The van der Waals surface area contributed by atoms with Crippen LogP contribution in [0.1, 0.15) is 5.56 Å². The first-order valence-corrected chi connectivity index (χ1v) is 6.98. The molecule has 0 saturated carbocycles. The van der Waals surface area contributed by atoms with Crippen LogP contribution in [0.25, 0.3) is 11.0 Å². The second-order valence-electron chi connectivity index (χ2n) is 4.77. The Morgan fingerprint density at radius 2 is 1.90 bits per heavy atom. The highest BCUT2D eigenvalue weighted by Gasteiger charge is 2.15. The van der Waals surface area contributed by atoms with Gasteiger partial charge in [0.1, 0.15) is 5.58 Å². The van der Waals surface area contributed by atoms with Gasteiger partial charge in [0.2, 0.25) is 6.79 Å². The minimum Gasteiger partial charge on any atom is -0.454 e. The smallest absolute Gasteiger partial charge is 0.231 e. The fourth-order valence-corrected chi connectivity index (χ4v) is 2.68. The molecule has 106 valence electrons. The number of hydrogen-bond donors (Lipinski definition) is 1. The lowest BCUT2D eigenvalue weighted by Crippen LogP contribution is -1.99. The molecule has 1 N–H and O–H groups in total. The molecule has 4 nitrogen and oxygen atoms in total. The van der Waals surface area contributed by atoms with Gasteiger partial charge in [-0.25, -0.2) is 0 Å². The molecule has 0 radical (unpaired) electrons. The quantitative estimate of drug-likeness (QED) is 0.777. The fraction of sp³-hybridized carbons (Fsp3) is 0.125. The number of furan rings is 1. The Labute approximate surface area is 126 Å². The topological polar surface area (TPSA) is 43.6 Å². The monoisotopic (exact) mass is 301 g/mol. The average molecular weight is 302 g/mol. The summed E-state index contributed by atoms with van der Waals surface area (Å²) in [6.07, 6.45) is 0. The highest BCUT2D eigenvalue weighted by Crippen LogP contribution is 2.35. The van der Waals surface area contributed by atoms with Crippen molar-refractivity contribution in [2.75, 3.05) is 12.1 Å². The summed E-state index contributed by atoms with van der Waals surface area (Å²) in [6, 6.07) is 13.6. The van der Waals surface area contributed by atoms with Crippen LogP contribution in [0, 0.1) is 0 Å². The summed E-state index contributed by atoms with van der Waals surface area (Å²) in [5.41, 5.74) is 2.69. The first-order valence-electron chi connectivity index (χ1n) is 6.61. The van der Waals surface area contributed by atoms with Gasteiger partial charge in [0, 0.05) is 29.2 Å². The van der Waals surface area contributed by atoms with Crippen LogP contribution in [0.15, 0.2) is 46.9 Å². The lowest BCUT2D eigenvalue weighted by atomic mass is 10.1. The van der Waals surface area contributed by atoms with Crippen LogP contribution in [0.3, 0.4) is 0 Å². The van der Waals surface area contributed by atoms with Crippen LogP contribution >= 0.6 is 11.6 Å². The van der Waals surface area contributed by atoms with Gasteiger partial charge in [-0.2, -0.15) is 0 Å². The molecule has 0 aliphatic carbocycles. The van der Waals surface area contributed by atoms with Gasteiger partial charge < -0.3 is 19.2 Å². The van der Waals surface area contributed by atoms with Crippen molar-refractivity contribution in [2.45, 2.75) is 6.54 Å². The molecule has 0 fully saturated rings. The van der Waals surface area contributed by atoms with E-state index in [0.29, 0.717) is 11.8 Å². The fourth-order valence-electron chi connectivity index (χ4n) is 2.43. The predicted octanol–water partition coefficient (Wildman–Crippen LogP) is 4.43. The van der Waals surface area contributed by atoms with Crippen LogP contribution in [0.5, 0.6) is 11.5 Å². The van der Waals surface area contributed by atoms with Crippen molar-refractivity contribution in [3.05, 3.63) is 53.2 Å². The predicted molar refractivity (Wildman–Crippen MR) is 81.1 cm³/mol. The molecule has 0 bridgehead atoms. The standard InChI is InChI=1S/C16H12ClNO3/c17-16-12(11-3-1-2-4-13(11)21-16)8-18-10-5-6-14-15(7-10)20-9-19-14/h1-7,18H,8-9H2.